The monoisotopic (exact) mass is 992 g/mol. The van der Waals surface area contributed by atoms with Gasteiger partial charge >= 0.3 is 137 Å². The molecule has 340 valence electrons. The van der Waals surface area contributed by atoms with E-state index in [-0.39, 0.29) is 57.6 Å². The molecule has 0 spiro atoms. The van der Waals surface area contributed by atoms with Gasteiger partial charge in [0, 0.05) is 10.8 Å². The van der Waals surface area contributed by atoms with Gasteiger partial charge in [-0.3, -0.25) is 6.08 Å². The molecule has 0 radical (unpaired) electrons. The molecule has 9 heteroatoms. The maximum atomic E-state index is 12.7. The Kier molecular flexibility index (Phi) is 15.3. The van der Waals surface area contributed by atoms with Gasteiger partial charge in [-0.2, -0.15) is 11.6 Å². The van der Waals surface area contributed by atoms with E-state index in [0.717, 1.165) is 54.9 Å². The average Bonchev–Trinajstić information content (AvgIpc) is 3.93. The third-order valence-corrected chi connectivity index (χ3v) is 13.5. The van der Waals surface area contributed by atoms with E-state index in [4.69, 9.17) is 0 Å². The van der Waals surface area contributed by atoms with E-state index in [2.05, 4.69) is 151 Å². The zero-order valence-electron chi connectivity index (χ0n) is 39.0. The summed E-state index contributed by atoms with van der Waals surface area (Å²) in [5.74, 6) is 0. The quantitative estimate of drug-likeness (QED) is 0.122. The molecule has 0 aliphatic heterocycles. The molecule has 0 fully saturated rings. The van der Waals surface area contributed by atoms with Gasteiger partial charge < -0.3 is 24.8 Å². The summed E-state index contributed by atoms with van der Waals surface area (Å²) in [4.78, 5) is 0. The third-order valence-electron chi connectivity index (χ3n) is 12.1. The Morgan fingerprint density at radius 3 is 1.27 bits per heavy atom. The molecule has 3 aliphatic rings. The van der Waals surface area contributed by atoms with Gasteiger partial charge in [0.1, 0.15) is 0 Å². The number of fused-ring (bicyclic) bond motifs is 5. The fourth-order valence-electron chi connectivity index (χ4n) is 8.68. The van der Waals surface area contributed by atoms with Crippen LogP contribution in [-0.4, -0.2) is 3.21 Å². The zero-order valence-corrected chi connectivity index (χ0v) is 43.0. The summed E-state index contributed by atoms with van der Waals surface area (Å²) in [6, 6.07) is 21.5. The first-order valence-corrected chi connectivity index (χ1v) is 22.4. The molecular formula is C55H58Cl2F6Zr-2. The van der Waals surface area contributed by atoms with Crippen LogP contribution in [0, 0.1) is 22.3 Å². The van der Waals surface area contributed by atoms with Gasteiger partial charge in [-0.1, -0.05) is 131 Å². The molecular weight excluding hydrogens is 937 g/mol. The van der Waals surface area contributed by atoms with Crippen molar-refractivity contribution < 1.29 is 75.4 Å². The van der Waals surface area contributed by atoms with Gasteiger partial charge in [0.05, 0.1) is 0 Å². The third kappa shape index (κ3) is 11.2. The Bertz CT molecular complexity index is 2530. The normalized spacial score (nSPS) is 16.3. The van der Waals surface area contributed by atoms with Gasteiger partial charge in [-0.25, -0.2) is 6.08 Å². The van der Waals surface area contributed by atoms with E-state index < -0.39 is 23.5 Å². The second-order valence-electron chi connectivity index (χ2n) is 21.2. The van der Waals surface area contributed by atoms with Crippen molar-refractivity contribution in [3.05, 3.63) is 159 Å². The smallest absolute Gasteiger partial charge is 1.00 e. The van der Waals surface area contributed by atoms with Crippen LogP contribution in [0.1, 0.15) is 141 Å². The van der Waals surface area contributed by atoms with Crippen LogP contribution in [0.15, 0.2) is 109 Å². The maximum absolute atomic E-state index is 12.7. The van der Waals surface area contributed by atoms with Crippen LogP contribution in [0.2, 0.25) is 0 Å². The van der Waals surface area contributed by atoms with Gasteiger partial charge in [-0.05, 0) is 33.1 Å². The summed E-state index contributed by atoms with van der Waals surface area (Å²) in [6.07, 6.45) is 4.53. The van der Waals surface area contributed by atoms with Crippen molar-refractivity contribution >= 4 is 35.9 Å². The van der Waals surface area contributed by atoms with Crippen molar-refractivity contribution in [1.82, 2.24) is 0 Å². The van der Waals surface area contributed by atoms with E-state index in [0.29, 0.717) is 8.62 Å². The minimum Gasteiger partial charge on any atom is -1.00 e. The molecule has 64 heavy (non-hydrogen) atoms. The summed E-state index contributed by atoms with van der Waals surface area (Å²) in [7, 11) is 0. The number of allylic oxidation sites excluding steroid dienone is 8. The number of rotatable bonds is 2. The van der Waals surface area contributed by atoms with Crippen molar-refractivity contribution in [1.29, 1.82) is 0 Å². The molecule has 0 unspecified atom stereocenters. The summed E-state index contributed by atoms with van der Waals surface area (Å²) < 4.78 is 76.7. The molecule has 8 rings (SSSR count). The molecule has 0 nitrogen and oxygen atoms in total. The van der Waals surface area contributed by atoms with Crippen LogP contribution in [0.25, 0.3) is 32.7 Å². The minimum absolute atomic E-state index is 0. The fourth-order valence-corrected chi connectivity index (χ4v) is 9.44. The molecule has 0 saturated carbocycles. The Balaban J connectivity index is 0.000000237. The summed E-state index contributed by atoms with van der Waals surface area (Å²) >= 11 is 0.729. The number of benzene rings is 4. The standard InChI is InChI=1S/C31H37.C15H8F6.C9H13.2ClH.Zr/c1-28(2,3)26-16-30(7,8)24-12-18-11-19-13-25-23(15-21(19)20(18)14-22(24)26)27(29(4,5)6)17-31(25,9)10;16-14(17,18)12-5-1-3-10(8-12)7-11-4-2-6-13(9-11)15(19,20)21;1-9(2,3)8-6-4-5-7-8;;;/h11-17H,1-10H3;1-6,8-9H;6-7H,4H2,1-3H3;2*1H;/q-1;;-1;;;+2/p-2. The number of alkyl halides is 6. The van der Waals surface area contributed by atoms with Crippen molar-refractivity contribution in [2.24, 2.45) is 16.2 Å². The van der Waals surface area contributed by atoms with Gasteiger partial charge in [0.15, 0.2) is 0 Å². The molecule has 0 saturated heterocycles. The first-order valence-electron chi connectivity index (χ1n) is 21.2. The summed E-state index contributed by atoms with van der Waals surface area (Å²) in [5, 5.41) is 5.58. The number of hydrogen-bond acceptors (Lipinski definition) is 0. The Hall–Kier alpha value is -3.38. The van der Waals surface area contributed by atoms with Crippen LogP contribution in [0.5, 0.6) is 0 Å². The second kappa shape index (κ2) is 18.4. The van der Waals surface area contributed by atoms with Crippen LogP contribution in [-0.2, 0) is 47.4 Å². The largest absolute Gasteiger partial charge is 1.00 e. The number of halogens is 8. The van der Waals surface area contributed by atoms with Gasteiger partial charge in [0.2, 0.25) is 0 Å². The first kappa shape index (κ1) is 53.2. The molecule has 5 aromatic carbocycles. The van der Waals surface area contributed by atoms with Gasteiger partial charge in [0.25, 0.3) is 0 Å². The summed E-state index contributed by atoms with van der Waals surface area (Å²) in [5.41, 5.74) is 9.92. The minimum atomic E-state index is -4.49. The van der Waals surface area contributed by atoms with Crippen LogP contribution >= 0.6 is 0 Å². The fraction of sp³-hybridized carbons (Fsp3) is 0.382. The van der Waals surface area contributed by atoms with Crippen molar-refractivity contribution in [2.75, 3.05) is 0 Å². The topological polar surface area (TPSA) is 0 Å². The van der Waals surface area contributed by atoms with Crippen LogP contribution in [0.3, 0.4) is 0 Å². The predicted octanol–water partition coefficient (Wildman–Crippen LogP) is 10.7. The molecule has 0 aromatic heterocycles. The van der Waals surface area contributed by atoms with Crippen molar-refractivity contribution in [3.8, 4) is 0 Å². The average molecular weight is 995 g/mol. The van der Waals surface area contributed by atoms with Crippen molar-refractivity contribution in [2.45, 2.75) is 120 Å². The van der Waals surface area contributed by atoms with E-state index in [1.807, 2.05) is 0 Å². The molecule has 3 aliphatic carbocycles. The van der Waals surface area contributed by atoms with E-state index in [1.54, 1.807) is 0 Å². The van der Waals surface area contributed by atoms with Crippen molar-refractivity contribution in [3.63, 3.8) is 0 Å². The Morgan fingerprint density at radius 2 is 0.969 bits per heavy atom. The molecule has 0 atom stereocenters. The molecule has 0 N–H and O–H groups in total. The van der Waals surface area contributed by atoms with Crippen LogP contribution in [0.4, 0.5) is 26.3 Å². The SMILES string of the molecule is CC(C)(C)C1=CC(C)(C)c2cc3[cH-]c4cc5c(cc4c3cc21)C(C(C)(C)C)=CC5(C)C.CC(C)(C)C1=CC[C-]=C1.FC(F)(F)c1cccc([C](=[Zr+2])c2cccc(C(F)(F)F)c2)c1.[Cl-].[Cl-]. The number of hydrogen-bond donors (Lipinski definition) is 0. The molecule has 5 aromatic rings. The first-order chi connectivity index (χ1) is 28.3. The van der Waals surface area contributed by atoms with E-state index in [9.17, 15) is 26.3 Å². The summed E-state index contributed by atoms with van der Waals surface area (Å²) in [6.45, 7) is 30.1. The predicted molar refractivity (Wildman–Crippen MR) is 244 cm³/mol. The molecule has 0 amide bonds. The van der Waals surface area contributed by atoms with Gasteiger partial charge in [-0.15, -0.1) is 46.2 Å². The van der Waals surface area contributed by atoms with Crippen LogP contribution < -0.4 is 24.8 Å². The maximum Gasteiger partial charge on any atom is -1.00 e. The Morgan fingerprint density at radius 1 is 0.578 bits per heavy atom. The van der Waals surface area contributed by atoms with E-state index >= 15 is 0 Å². The zero-order chi connectivity index (χ0) is 46.2. The molecule has 0 heterocycles. The second-order valence-corrected chi connectivity index (χ2v) is 22.4. The Labute approximate surface area is 403 Å². The van der Waals surface area contributed by atoms with E-state index in [1.165, 1.54) is 84.8 Å². The molecule has 0 bridgehead atoms.